The maximum atomic E-state index is 11.0. The summed E-state index contributed by atoms with van der Waals surface area (Å²) in [6.07, 6.45) is 2.21. The van der Waals surface area contributed by atoms with E-state index >= 15 is 0 Å². The molecule has 0 spiro atoms. The lowest BCUT2D eigenvalue weighted by Crippen LogP contribution is -2.07. The second-order valence-corrected chi connectivity index (χ2v) is 3.79. The Morgan fingerprint density at radius 1 is 1.61 bits per heavy atom. The minimum atomic E-state index is -1.15. The molecule has 94 valence electrons. The lowest BCUT2D eigenvalue weighted by molar-refractivity contribution is -0.105. The molecule has 0 atom stereocenters. The number of carboxylic acids is 1. The van der Waals surface area contributed by atoms with Crippen molar-refractivity contribution in [3.63, 3.8) is 0 Å². The van der Waals surface area contributed by atoms with Crippen molar-refractivity contribution < 1.29 is 14.7 Å². The Bertz CT molecular complexity index is 612. The Hall–Kier alpha value is -2.57. The molecule has 0 aromatic carbocycles. The van der Waals surface area contributed by atoms with Crippen LogP contribution >= 0.6 is 0 Å². The molecule has 0 radical (unpaired) electrons. The van der Waals surface area contributed by atoms with Crippen molar-refractivity contribution in [3.05, 3.63) is 23.7 Å². The molecule has 1 amide bonds. The molecule has 0 saturated carbocycles. The fourth-order valence-electron chi connectivity index (χ4n) is 1.83. The summed E-state index contributed by atoms with van der Waals surface area (Å²) in [6, 6.07) is 1.85. The minimum absolute atomic E-state index is 0.136. The van der Waals surface area contributed by atoms with E-state index in [4.69, 9.17) is 5.11 Å². The molecule has 0 fully saturated rings. The van der Waals surface area contributed by atoms with Crippen LogP contribution in [0, 0.1) is 6.92 Å². The van der Waals surface area contributed by atoms with E-state index < -0.39 is 5.97 Å². The van der Waals surface area contributed by atoms with Gasteiger partial charge in [-0.3, -0.25) is 4.79 Å². The van der Waals surface area contributed by atoms with Crippen LogP contribution in [0.4, 0.5) is 5.82 Å². The number of aryl methyl sites for hydroxylation is 1. The molecule has 0 bridgehead atoms. The molecule has 0 saturated heterocycles. The van der Waals surface area contributed by atoms with Crippen molar-refractivity contribution in [2.24, 2.45) is 7.05 Å². The van der Waals surface area contributed by atoms with E-state index in [9.17, 15) is 9.59 Å². The van der Waals surface area contributed by atoms with Crippen LogP contribution in [0.2, 0.25) is 0 Å². The number of hydrogen-bond acceptors (Lipinski definition) is 3. The first kappa shape index (κ1) is 11.9. The quantitative estimate of drug-likeness (QED) is 0.702. The Balaban J connectivity index is 2.68. The highest BCUT2D eigenvalue weighted by Crippen LogP contribution is 2.29. The van der Waals surface area contributed by atoms with E-state index in [0.717, 1.165) is 11.3 Å². The van der Waals surface area contributed by atoms with Crippen LogP contribution in [0.15, 0.2) is 12.3 Å². The summed E-state index contributed by atoms with van der Waals surface area (Å²) in [4.78, 5) is 28.5. The molecule has 2 aromatic heterocycles. The molecule has 0 aliphatic carbocycles. The third-order valence-electron chi connectivity index (χ3n) is 2.67. The fraction of sp³-hybridized carbons (Fsp3) is 0.182. The van der Waals surface area contributed by atoms with Gasteiger partial charge in [0.05, 0.1) is 5.69 Å². The van der Waals surface area contributed by atoms with E-state index in [2.05, 4.69) is 15.3 Å². The van der Waals surface area contributed by atoms with Crippen LogP contribution in [-0.4, -0.2) is 32.0 Å². The van der Waals surface area contributed by atoms with Crippen molar-refractivity contribution in [1.29, 1.82) is 0 Å². The summed E-state index contributed by atoms with van der Waals surface area (Å²) in [7, 11) is 1.59. The number of imidazole rings is 1. The van der Waals surface area contributed by atoms with Gasteiger partial charge in [-0.2, -0.15) is 0 Å². The van der Waals surface area contributed by atoms with Gasteiger partial charge in [0.15, 0.2) is 5.82 Å². The number of rotatable bonds is 4. The lowest BCUT2D eigenvalue weighted by Gasteiger charge is -2.05. The number of hydrogen-bond donors (Lipinski definition) is 3. The van der Waals surface area contributed by atoms with Gasteiger partial charge in [-0.25, -0.2) is 9.78 Å². The number of H-pyrrole nitrogens is 1. The van der Waals surface area contributed by atoms with Crippen molar-refractivity contribution in [1.82, 2.24) is 14.5 Å². The number of carbonyl (C=O) groups is 2. The number of nitrogens with one attached hydrogen (secondary N) is 2. The van der Waals surface area contributed by atoms with Crippen LogP contribution in [0.3, 0.4) is 0 Å². The Morgan fingerprint density at radius 2 is 2.33 bits per heavy atom. The SMILES string of the molecule is Cc1cc[nH]c1-c1c(NC=O)nc(C(=O)O)n1C. The first-order valence-corrected chi connectivity index (χ1v) is 5.20. The highest BCUT2D eigenvalue weighted by molar-refractivity contribution is 5.89. The summed E-state index contributed by atoms with van der Waals surface area (Å²) in [6.45, 7) is 1.88. The smallest absolute Gasteiger partial charge is 0.372 e. The summed E-state index contributed by atoms with van der Waals surface area (Å²) in [5.74, 6) is -1.07. The van der Waals surface area contributed by atoms with Gasteiger partial charge in [0, 0.05) is 13.2 Å². The monoisotopic (exact) mass is 248 g/mol. The Labute approximate surface area is 102 Å². The van der Waals surface area contributed by atoms with Crippen molar-refractivity contribution in [2.45, 2.75) is 6.92 Å². The average Bonchev–Trinajstić information content (AvgIpc) is 2.84. The van der Waals surface area contributed by atoms with Gasteiger partial charge in [-0.1, -0.05) is 0 Å². The summed E-state index contributed by atoms with van der Waals surface area (Å²) in [5, 5.41) is 11.4. The zero-order valence-corrected chi connectivity index (χ0v) is 9.89. The van der Waals surface area contributed by atoms with Gasteiger partial charge >= 0.3 is 5.97 Å². The Morgan fingerprint density at radius 3 is 2.83 bits per heavy atom. The van der Waals surface area contributed by atoms with Crippen LogP contribution < -0.4 is 5.32 Å². The number of aromatic carboxylic acids is 1. The molecule has 2 aromatic rings. The zero-order chi connectivity index (χ0) is 13.3. The third-order valence-corrected chi connectivity index (χ3v) is 2.67. The molecule has 2 heterocycles. The summed E-state index contributed by atoms with van der Waals surface area (Å²) >= 11 is 0. The van der Waals surface area contributed by atoms with E-state index in [-0.39, 0.29) is 11.6 Å². The number of anilines is 1. The predicted molar refractivity (Wildman–Crippen MR) is 64.4 cm³/mol. The van der Waals surface area contributed by atoms with Crippen molar-refractivity contribution in [3.8, 4) is 11.4 Å². The second kappa shape index (κ2) is 4.36. The minimum Gasteiger partial charge on any atom is -0.475 e. The van der Waals surface area contributed by atoms with Crippen molar-refractivity contribution in [2.75, 3.05) is 5.32 Å². The van der Waals surface area contributed by atoms with Crippen LogP contribution in [0.1, 0.15) is 16.2 Å². The molecule has 0 aliphatic rings. The van der Waals surface area contributed by atoms with Gasteiger partial charge < -0.3 is 20.0 Å². The van der Waals surface area contributed by atoms with E-state index in [0.29, 0.717) is 12.1 Å². The molecular weight excluding hydrogens is 236 g/mol. The molecule has 7 nitrogen and oxygen atoms in total. The average molecular weight is 248 g/mol. The van der Waals surface area contributed by atoms with E-state index in [1.807, 2.05) is 13.0 Å². The molecule has 7 heteroatoms. The first-order valence-electron chi connectivity index (χ1n) is 5.20. The van der Waals surface area contributed by atoms with Crippen LogP contribution in [-0.2, 0) is 11.8 Å². The molecule has 2 rings (SSSR count). The third kappa shape index (κ3) is 1.75. The predicted octanol–water partition coefficient (Wildman–Crippen LogP) is 0.990. The molecule has 0 aliphatic heterocycles. The number of aromatic amines is 1. The van der Waals surface area contributed by atoms with Crippen molar-refractivity contribution >= 4 is 18.2 Å². The number of nitrogens with zero attached hydrogens (tertiary/aromatic N) is 2. The number of aromatic nitrogens is 3. The summed E-state index contributed by atoms with van der Waals surface area (Å²) in [5.41, 5.74) is 2.19. The normalized spacial score (nSPS) is 10.3. The Kier molecular flexibility index (Phi) is 2.88. The number of carboxylic acid groups (broad SMARTS) is 1. The highest BCUT2D eigenvalue weighted by Gasteiger charge is 2.21. The first-order chi connectivity index (χ1) is 8.56. The number of amides is 1. The molecule has 0 unspecified atom stereocenters. The zero-order valence-electron chi connectivity index (χ0n) is 9.89. The second-order valence-electron chi connectivity index (χ2n) is 3.79. The maximum Gasteiger partial charge on any atom is 0.372 e. The topological polar surface area (TPSA) is 100 Å². The standard InChI is InChI=1S/C11H12N4O3/c1-6-3-4-12-7(6)8-9(13-5-16)14-10(11(17)18)15(8)2/h3-5,12H,1-2H3,(H,13,16)(H,17,18). The molecule has 18 heavy (non-hydrogen) atoms. The fourth-order valence-corrected chi connectivity index (χ4v) is 1.83. The van der Waals surface area contributed by atoms with Crippen LogP contribution in [0.5, 0.6) is 0 Å². The highest BCUT2D eigenvalue weighted by atomic mass is 16.4. The van der Waals surface area contributed by atoms with Gasteiger partial charge in [-0.05, 0) is 18.6 Å². The lowest BCUT2D eigenvalue weighted by atomic mass is 10.2. The van der Waals surface area contributed by atoms with E-state index in [1.165, 1.54) is 4.57 Å². The van der Waals surface area contributed by atoms with Gasteiger partial charge in [0.1, 0.15) is 5.69 Å². The van der Waals surface area contributed by atoms with Gasteiger partial charge in [-0.15, -0.1) is 0 Å². The largest absolute Gasteiger partial charge is 0.475 e. The number of carbonyl (C=O) groups excluding carboxylic acids is 1. The summed E-state index contributed by atoms with van der Waals surface area (Å²) < 4.78 is 1.42. The maximum absolute atomic E-state index is 11.0. The molecular formula is C11H12N4O3. The van der Waals surface area contributed by atoms with Crippen LogP contribution in [0.25, 0.3) is 11.4 Å². The van der Waals surface area contributed by atoms with E-state index in [1.54, 1.807) is 13.2 Å². The van der Waals surface area contributed by atoms with Gasteiger partial charge in [0.2, 0.25) is 12.2 Å². The molecule has 3 N–H and O–H groups in total. The van der Waals surface area contributed by atoms with Gasteiger partial charge in [0.25, 0.3) is 0 Å².